The zero-order chi connectivity index (χ0) is 78.2. The van der Waals surface area contributed by atoms with E-state index in [4.69, 9.17) is 9.47 Å². The molecule has 4 nitrogen and oxygen atoms in total. The molecule has 1 spiro atoms. The van der Waals surface area contributed by atoms with Gasteiger partial charge in [-0.05, 0) is 293 Å². The molecule has 2 atom stereocenters. The maximum absolute atomic E-state index is 16.8. The molecule has 0 N–H and O–H groups in total. The lowest BCUT2D eigenvalue weighted by atomic mass is 9.67. The van der Waals surface area contributed by atoms with Crippen LogP contribution in [0.1, 0.15) is 89.0 Å². The molecule has 552 valence electrons. The first-order valence-corrected chi connectivity index (χ1v) is 38.2. The Morgan fingerprint density at radius 2 is 0.496 bits per heavy atom. The summed E-state index contributed by atoms with van der Waals surface area (Å²) in [5.74, 6) is -1.44. The molecule has 20 rings (SSSR count). The van der Waals surface area contributed by atoms with Crippen molar-refractivity contribution in [2.45, 2.75) is 30.1 Å². The normalized spacial score (nSPS) is 16.0. The molecule has 4 aliphatic carbocycles. The van der Waals surface area contributed by atoms with Gasteiger partial charge in [0, 0.05) is 46.3 Å². The Hall–Kier alpha value is -14.2. The van der Waals surface area contributed by atoms with Crippen LogP contribution in [0.5, 0.6) is 23.0 Å². The van der Waals surface area contributed by atoms with Crippen LogP contribution in [0, 0.1) is 48.8 Å². The number of rotatable bonds is 16. The summed E-state index contributed by atoms with van der Waals surface area (Å²) in [4.78, 5) is 4.13. The highest BCUT2D eigenvalue weighted by molar-refractivity contribution is 5.99. The Labute approximate surface area is 662 Å². The number of halogens is 6. The van der Waals surface area contributed by atoms with E-state index >= 15 is 26.3 Å². The van der Waals surface area contributed by atoms with Gasteiger partial charge in [0.25, 0.3) is 0 Å². The smallest absolute Gasteiger partial charge is 0.128 e. The summed E-state index contributed by atoms with van der Waals surface area (Å²) in [7, 11) is 0. The first-order chi connectivity index (χ1) is 56.1. The van der Waals surface area contributed by atoms with Gasteiger partial charge in [0.05, 0.1) is 16.2 Å². The molecule has 0 radical (unpaired) electrons. The zero-order valence-electron chi connectivity index (χ0n) is 62.4. The highest BCUT2D eigenvalue weighted by atomic mass is 19.2. The summed E-state index contributed by atoms with van der Waals surface area (Å²) >= 11 is 0. The van der Waals surface area contributed by atoms with Crippen molar-refractivity contribution in [3.05, 3.63) is 477 Å². The number of hydrogen-bond donors (Lipinski definition) is 0. The summed E-state index contributed by atoms with van der Waals surface area (Å²) in [6, 6.07) is 107. The monoisotopic (exact) mass is 1500 g/mol. The van der Waals surface area contributed by atoms with Crippen LogP contribution in [0.2, 0.25) is 0 Å². The van der Waals surface area contributed by atoms with Gasteiger partial charge in [0.1, 0.15) is 57.9 Å². The Kier molecular flexibility index (Phi) is 16.4. The van der Waals surface area contributed by atoms with E-state index in [2.05, 4.69) is 132 Å². The molecule has 0 aromatic heterocycles. The number of benzene rings is 16. The van der Waals surface area contributed by atoms with Crippen molar-refractivity contribution in [2.24, 2.45) is 0 Å². The second-order valence-electron chi connectivity index (χ2n) is 30.0. The van der Waals surface area contributed by atoms with Crippen LogP contribution in [-0.2, 0) is 16.2 Å². The van der Waals surface area contributed by atoms with Crippen molar-refractivity contribution in [3.63, 3.8) is 0 Å². The molecule has 10 heteroatoms. The maximum Gasteiger partial charge on any atom is 0.128 e. The van der Waals surface area contributed by atoms with Gasteiger partial charge in [-0.25, -0.2) is 26.3 Å². The first kappa shape index (κ1) is 69.9. The summed E-state index contributed by atoms with van der Waals surface area (Å²) in [6.45, 7) is 11.3. The van der Waals surface area contributed by atoms with Gasteiger partial charge in [-0.3, -0.25) is 0 Å². The molecule has 16 aromatic rings. The molecule has 0 bridgehead atoms. The lowest BCUT2D eigenvalue weighted by Gasteiger charge is -2.36. The quantitative estimate of drug-likeness (QED) is 0.0900. The SMILES string of the molecule is C=Cc1ccc(Oc2ccc(C3(c4cc(F)cc(F)c4)c4ccccc4-c4ccc(N(c5ccc(C)c(F)c5)c5ccc6c(c5)C5(c7ccccc7-6)c6ccccc6-c6ccc(N(c7ccc(C)c(F)c7)c7ccc8c(c7)C(c7ccc(Oc9ccc(C=C)cc9)cc7)(c7cc(F)cc(F)c7)c7ccccc7-8)cc65)cc43)cc2)cc1. The first-order valence-electron chi connectivity index (χ1n) is 38.2. The molecule has 0 fully saturated rings. The topological polar surface area (TPSA) is 24.9 Å². The molecule has 115 heavy (non-hydrogen) atoms. The second kappa shape index (κ2) is 27.0. The fourth-order valence-corrected chi connectivity index (χ4v) is 18.8. The van der Waals surface area contributed by atoms with Crippen molar-refractivity contribution in [2.75, 3.05) is 9.80 Å². The number of nitrogens with zero attached hydrogens (tertiary/aromatic N) is 2. The van der Waals surface area contributed by atoms with E-state index in [-0.39, 0.29) is 0 Å². The second-order valence-corrected chi connectivity index (χ2v) is 30.0. The van der Waals surface area contributed by atoms with Gasteiger partial charge in [-0.15, -0.1) is 0 Å². The Morgan fingerprint density at radius 1 is 0.243 bits per heavy atom. The van der Waals surface area contributed by atoms with E-state index in [9.17, 15) is 0 Å². The number of hydrogen-bond acceptors (Lipinski definition) is 4. The van der Waals surface area contributed by atoms with E-state index in [1.165, 1.54) is 24.3 Å². The minimum absolute atomic E-state index is 0.367. The van der Waals surface area contributed by atoms with Crippen molar-refractivity contribution >= 4 is 46.3 Å². The van der Waals surface area contributed by atoms with Crippen LogP contribution < -0.4 is 19.3 Å². The minimum atomic E-state index is -1.33. The van der Waals surface area contributed by atoms with Crippen LogP contribution in [0.3, 0.4) is 0 Å². The summed E-state index contributed by atoms with van der Waals surface area (Å²) in [6.07, 6.45) is 3.53. The van der Waals surface area contributed by atoms with Crippen LogP contribution in [0.25, 0.3) is 56.7 Å². The zero-order valence-corrected chi connectivity index (χ0v) is 62.4. The fraction of sp³-hybridized carbons (Fsp3) is 0.0476. The van der Waals surface area contributed by atoms with E-state index in [0.29, 0.717) is 79.4 Å². The third-order valence-corrected chi connectivity index (χ3v) is 23.8. The predicted octanol–water partition coefficient (Wildman–Crippen LogP) is 28.0. The molecule has 0 aliphatic heterocycles. The number of fused-ring (bicyclic) bond motifs is 16. The largest absolute Gasteiger partial charge is 0.457 e. The fourth-order valence-electron chi connectivity index (χ4n) is 18.8. The molecule has 0 saturated carbocycles. The van der Waals surface area contributed by atoms with Crippen LogP contribution >= 0.6 is 0 Å². The van der Waals surface area contributed by atoms with E-state index in [1.807, 2.05) is 170 Å². The van der Waals surface area contributed by atoms with Gasteiger partial charge >= 0.3 is 0 Å². The van der Waals surface area contributed by atoms with Crippen LogP contribution in [-0.4, -0.2) is 0 Å². The summed E-state index contributed by atoms with van der Waals surface area (Å²) < 4.78 is 112. The number of aryl methyl sites for hydroxylation is 2. The molecule has 0 saturated heterocycles. The molecular weight excluding hydrogens is 1440 g/mol. The van der Waals surface area contributed by atoms with Crippen LogP contribution in [0.15, 0.2) is 353 Å². The summed E-state index contributed by atoms with van der Waals surface area (Å²) in [5, 5.41) is 0. The van der Waals surface area contributed by atoms with Crippen molar-refractivity contribution in [3.8, 4) is 67.5 Å². The van der Waals surface area contributed by atoms with Crippen molar-refractivity contribution in [1.29, 1.82) is 0 Å². The third kappa shape index (κ3) is 10.9. The van der Waals surface area contributed by atoms with Crippen molar-refractivity contribution < 1.29 is 35.8 Å². The third-order valence-electron chi connectivity index (χ3n) is 23.8. The molecular formula is C105H68F6N2O2. The van der Waals surface area contributed by atoms with E-state index in [0.717, 1.165) is 123 Å². The molecule has 2 unspecified atom stereocenters. The lowest BCUT2D eigenvalue weighted by Crippen LogP contribution is -2.29. The van der Waals surface area contributed by atoms with E-state index < -0.39 is 51.1 Å². The lowest BCUT2D eigenvalue weighted by molar-refractivity contribution is 0.482. The van der Waals surface area contributed by atoms with Gasteiger partial charge in [0.15, 0.2) is 0 Å². The molecule has 4 aliphatic rings. The minimum Gasteiger partial charge on any atom is -0.457 e. The van der Waals surface area contributed by atoms with Gasteiger partial charge in [0.2, 0.25) is 0 Å². The number of anilines is 6. The molecule has 0 amide bonds. The predicted molar refractivity (Wildman–Crippen MR) is 449 cm³/mol. The Morgan fingerprint density at radius 3 is 0.791 bits per heavy atom. The Balaban J connectivity index is 0.778. The molecule has 16 aromatic carbocycles. The highest BCUT2D eigenvalue weighted by Gasteiger charge is 2.54. The average molecular weight is 1500 g/mol. The number of ether oxygens (including phenoxy) is 2. The molecule has 0 heterocycles. The van der Waals surface area contributed by atoms with Crippen molar-refractivity contribution in [1.82, 2.24) is 0 Å². The standard InChI is InChI=1S/C105H68F6N2O2/c1-5-65-25-39-81(40-26-65)114-83-43-29-67(30-44-83)103(69-51-71(106)55-72(107)52-69)93-19-11-7-15-85(93)89-47-35-75(57-97(89)103)112(79-33-23-63(3)101(110)61-79)77-37-49-91-87-17-9-13-21-95(87)105(99(91)59-77)96-22-14-10-18-88(96)92-50-38-78(60-100(92)105)113(80-34-24-64(4)102(111)62-80)76-36-48-90-86-16-8-12-20-94(86)104(98(90)58-76,70-53-73(108)56-74(109)54-70)68-31-45-84(46-32-68)115-82-41-27-66(6-2)28-42-82/h5-62H,1-2H2,3-4H3. The van der Waals surface area contributed by atoms with Gasteiger partial charge < -0.3 is 19.3 Å². The maximum atomic E-state index is 16.8. The van der Waals surface area contributed by atoms with Gasteiger partial charge in [-0.1, -0.05) is 207 Å². The van der Waals surface area contributed by atoms with Crippen LogP contribution in [0.4, 0.5) is 60.5 Å². The highest BCUT2D eigenvalue weighted by Crippen LogP contribution is 2.66. The average Bonchev–Trinajstić information content (AvgIpc) is 1.50. The van der Waals surface area contributed by atoms with Gasteiger partial charge in [-0.2, -0.15) is 0 Å². The summed E-state index contributed by atoms with van der Waals surface area (Å²) in [5.41, 5.74) is 19.4. The van der Waals surface area contributed by atoms with E-state index in [1.54, 1.807) is 50.3 Å². The Bertz CT molecular complexity index is 6270.